The molecular formula is C16H31N5O2. The number of hydrogen-bond acceptors (Lipinski definition) is 4. The summed E-state index contributed by atoms with van der Waals surface area (Å²) in [5.74, 6) is 0.739. The third-order valence-electron chi connectivity index (χ3n) is 4.60. The molecule has 0 saturated carbocycles. The van der Waals surface area contributed by atoms with E-state index in [1.165, 1.54) is 0 Å². The second-order valence-corrected chi connectivity index (χ2v) is 6.52. The SMILES string of the molecule is CCNC(=NCCCN1CCCC(C(N)=O)C1)N1CC[C@@H](O)C1. The second-order valence-electron chi connectivity index (χ2n) is 6.52. The molecule has 0 aromatic heterocycles. The van der Waals surface area contributed by atoms with E-state index in [4.69, 9.17) is 5.73 Å². The van der Waals surface area contributed by atoms with Crippen LogP contribution in [0.25, 0.3) is 0 Å². The van der Waals surface area contributed by atoms with Gasteiger partial charge in [0.15, 0.2) is 5.96 Å². The van der Waals surface area contributed by atoms with Crippen molar-refractivity contribution in [3.8, 4) is 0 Å². The predicted molar refractivity (Wildman–Crippen MR) is 91.2 cm³/mol. The van der Waals surface area contributed by atoms with E-state index in [1.807, 2.05) is 0 Å². The molecule has 1 amide bonds. The van der Waals surface area contributed by atoms with Crippen molar-refractivity contribution in [1.82, 2.24) is 15.1 Å². The first kappa shape index (κ1) is 18.0. The molecule has 2 rings (SSSR count). The van der Waals surface area contributed by atoms with Crippen LogP contribution in [0.5, 0.6) is 0 Å². The summed E-state index contributed by atoms with van der Waals surface area (Å²) in [6, 6.07) is 0. The first-order valence-electron chi connectivity index (χ1n) is 8.83. The molecule has 0 aliphatic carbocycles. The Kier molecular flexibility index (Phi) is 7.11. The Balaban J connectivity index is 1.74. The molecule has 0 aromatic carbocycles. The van der Waals surface area contributed by atoms with E-state index < -0.39 is 0 Å². The van der Waals surface area contributed by atoms with E-state index in [1.54, 1.807) is 0 Å². The lowest BCUT2D eigenvalue weighted by Crippen LogP contribution is -2.42. The van der Waals surface area contributed by atoms with Gasteiger partial charge in [0.2, 0.25) is 5.91 Å². The van der Waals surface area contributed by atoms with Gasteiger partial charge in [-0.1, -0.05) is 0 Å². The first-order chi connectivity index (χ1) is 11.1. The maximum Gasteiger partial charge on any atom is 0.221 e. The number of piperidine rings is 1. The number of carbonyl (C=O) groups is 1. The molecular weight excluding hydrogens is 294 g/mol. The van der Waals surface area contributed by atoms with Crippen molar-refractivity contribution in [1.29, 1.82) is 0 Å². The number of nitrogens with two attached hydrogens (primary N) is 1. The smallest absolute Gasteiger partial charge is 0.221 e. The number of nitrogens with zero attached hydrogens (tertiary/aromatic N) is 3. The fourth-order valence-electron chi connectivity index (χ4n) is 3.33. The van der Waals surface area contributed by atoms with Gasteiger partial charge < -0.3 is 26.0 Å². The summed E-state index contributed by atoms with van der Waals surface area (Å²) < 4.78 is 0. The monoisotopic (exact) mass is 325 g/mol. The lowest BCUT2D eigenvalue weighted by atomic mass is 9.97. The van der Waals surface area contributed by atoms with Gasteiger partial charge in [0, 0.05) is 32.7 Å². The Bertz CT molecular complexity index is 415. The summed E-state index contributed by atoms with van der Waals surface area (Å²) in [5.41, 5.74) is 5.42. The summed E-state index contributed by atoms with van der Waals surface area (Å²) in [7, 11) is 0. The standard InChI is InChI=1S/C16H31N5O2/c1-2-18-16(21-10-6-14(22)12-21)19-7-4-9-20-8-3-5-13(11-20)15(17)23/h13-14,22H,2-12H2,1H3,(H2,17,23)(H,18,19)/t13?,14-/m1/s1. The van der Waals surface area contributed by atoms with Crippen molar-refractivity contribution in [3.05, 3.63) is 0 Å². The minimum Gasteiger partial charge on any atom is -0.391 e. The van der Waals surface area contributed by atoms with E-state index in [0.717, 1.165) is 70.9 Å². The van der Waals surface area contributed by atoms with Crippen LogP contribution < -0.4 is 11.1 Å². The lowest BCUT2D eigenvalue weighted by molar-refractivity contribution is -0.123. The molecule has 2 fully saturated rings. The highest BCUT2D eigenvalue weighted by molar-refractivity contribution is 5.80. The molecule has 132 valence electrons. The molecule has 0 bridgehead atoms. The number of aliphatic imine (C=N–C) groups is 1. The predicted octanol–water partition coefficient (Wildman–Crippen LogP) is -0.394. The fraction of sp³-hybridized carbons (Fsp3) is 0.875. The molecule has 2 atom stereocenters. The third-order valence-corrected chi connectivity index (χ3v) is 4.60. The van der Waals surface area contributed by atoms with E-state index >= 15 is 0 Å². The normalized spacial score (nSPS) is 26.5. The number of amides is 1. The van der Waals surface area contributed by atoms with Crippen molar-refractivity contribution in [3.63, 3.8) is 0 Å². The molecule has 2 aliphatic rings. The van der Waals surface area contributed by atoms with Crippen LogP contribution in [-0.2, 0) is 4.79 Å². The number of rotatable bonds is 6. The Labute approximate surface area is 138 Å². The zero-order chi connectivity index (χ0) is 16.7. The molecule has 0 spiro atoms. The number of nitrogens with one attached hydrogen (secondary N) is 1. The molecule has 2 heterocycles. The summed E-state index contributed by atoms with van der Waals surface area (Å²) >= 11 is 0. The maximum absolute atomic E-state index is 11.3. The Morgan fingerprint density at radius 3 is 2.83 bits per heavy atom. The van der Waals surface area contributed by atoms with E-state index in [0.29, 0.717) is 6.54 Å². The second kappa shape index (κ2) is 9.08. The van der Waals surface area contributed by atoms with Crippen LogP contribution in [0, 0.1) is 5.92 Å². The van der Waals surface area contributed by atoms with Crippen LogP contribution in [0.1, 0.15) is 32.6 Å². The third kappa shape index (κ3) is 5.66. The van der Waals surface area contributed by atoms with Crippen LogP contribution in [0.15, 0.2) is 4.99 Å². The molecule has 2 aliphatic heterocycles. The number of β-amino-alcohol motifs (C(OH)–C–C–N with tert-alkyl or cyclic N) is 1. The average Bonchev–Trinajstić information content (AvgIpc) is 2.97. The quantitative estimate of drug-likeness (QED) is 0.351. The molecule has 0 radical (unpaired) electrons. The highest BCUT2D eigenvalue weighted by Gasteiger charge is 2.24. The zero-order valence-electron chi connectivity index (χ0n) is 14.2. The maximum atomic E-state index is 11.3. The number of aliphatic hydroxyl groups excluding tert-OH is 1. The van der Waals surface area contributed by atoms with Crippen LogP contribution in [-0.4, -0.2) is 78.7 Å². The van der Waals surface area contributed by atoms with Crippen LogP contribution in [0.4, 0.5) is 0 Å². The number of primary amides is 1. The number of aliphatic hydroxyl groups is 1. The largest absolute Gasteiger partial charge is 0.391 e. The molecule has 1 unspecified atom stereocenters. The van der Waals surface area contributed by atoms with E-state index in [-0.39, 0.29) is 17.9 Å². The van der Waals surface area contributed by atoms with Gasteiger partial charge in [0.05, 0.1) is 12.0 Å². The highest BCUT2D eigenvalue weighted by atomic mass is 16.3. The van der Waals surface area contributed by atoms with Crippen molar-refractivity contribution in [2.75, 3.05) is 45.8 Å². The summed E-state index contributed by atoms with van der Waals surface area (Å²) in [6.45, 7) is 7.96. The molecule has 7 heteroatoms. The summed E-state index contributed by atoms with van der Waals surface area (Å²) in [4.78, 5) is 20.4. The number of carbonyl (C=O) groups excluding carboxylic acids is 1. The zero-order valence-corrected chi connectivity index (χ0v) is 14.2. The fourth-order valence-corrected chi connectivity index (χ4v) is 3.33. The number of likely N-dealkylation sites (tertiary alicyclic amines) is 2. The van der Waals surface area contributed by atoms with Crippen molar-refractivity contribution >= 4 is 11.9 Å². The first-order valence-corrected chi connectivity index (χ1v) is 8.83. The van der Waals surface area contributed by atoms with Gasteiger partial charge in [0.25, 0.3) is 0 Å². The van der Waals surface area contributed by atoms with Gasteiger partial charge in [-0.15, -0.1) is 0 Å². The van der Waals surface area contributed by atoms with Gasteiger partial charge in [-0.05, 0) is 45.7 Å². The van der Waals surface area contributed by atoms with Gasteiger partial charge in [0.1, 0.15) is 0 Å². The Morgan fingerprint density at radius 1 is 1.35 bits per heavy atom. The van der Waals surface area contributed by atoms with Gasteiger partial charge in [-0.25, -0.2) is 0 Å². The lowest BCUT2D eigenvalue weighted by Gasteiger charge is -2.30. The molecule has 2 saturated heterocycles. The van der Waals surface area contributed by atoms with Crippen molar-refractivity contribution in [2.45, 2.75) is 38.7 Å². The topological polar surface area (TPSA) is 94.2 Å². The number of guanidine groups is 1. The molecule has 4 N–H and O–H groups in total. The van der Waals surface area contributed by atoms with Crippen molar-refractivity contribution < 1.29 is 9.90 Å². The van der Waals surface area contributed by atoms with Gasteiger partial charge >= 0.3 is 0 Å². The van der Waals surface area contributed by atoms with Gasteiger partial charge in [-0.3, -0.25) is 9.79 Å². The molecule has 23 heavy (non-hydrogen) atoms. The minimum atomic E-state index is -0.238. The van der Waals surface area contributed by atoms with Crippen LogP contribution in [0.2, 0.25) is 0 Å². The molecule has 7 nitrogen and oxygen atoms in total. The summed E-state index contributed by atoms with van der Waals surface area (Å²) in [5, 5.41) is 13.0. The average molecular weight is 325 g/mol. The molecule has 0 aromatic rings. The van der Waals surface area contributed by atoms with Crippen LogP contribution >= 0.6 is 0 Å². The minimum absolute atomic E-state index is 0.00987. The summed E-state index contributed by atoms with van der Waals surface area (Å²) in [6.07, 6.45) is 3.51. The van der Waals surface area contributed by atoms with E-state index in [9.17, 15) is 9.90 Å². The van der Waals surface area contributed by atoms with Gasteiger partial charge in [-0.2, -0.15) is 0 Å². The Morgan fingerprint density at radius 2 is 2.17 bits per heavy atom. The van der Waals surface area contributed by atoms with Crippen LogP contribution in [0.3, 0.4) is 0 Å². The van der Waals surface area contributed by atoms with E-state index in [2.05, 4.69) is 27.0 Å². The Hall–Kier alpha value is -1.34. The highest BCUT2D eigenvalue weighted by Crippen LogP contribution is 2.16. The number of hydrogen-bond donors (Lipinski definition) is 3. The van der Waals surface area contributed by atoms with Crippen molar-refractivity contribution in [2.24, 2.45) is 16.6 Å².